The molecule has 8 nitrogen and oxygen atoms in total. The fourth-order valence-electron chi connectivity index (χ4n) is 3.66. The molecular weight excluding hydrogens is 460 g/mol. The van der Waals surface area contributed by atoms with Crippen molar-refractivity contribution < 1.29 is 13.9 Å². The molecule has 0 fully saturated rings. The summed E-state index contributed by atoms with van der Waals surface area (Å²) in [6.07, 6.45) is 4.97. The molecule has 4 aromatic heterocycles. The van der Waals surface area contributed by atoms with E-state index in [4.69, 9.17) is 0 Å². The normalized spacial score (nSPS) is 12.2. The zero-order valence-corrected chi connectivity index (χ0v) is 18.8. The van der Waals surface area contributed by atoms with Crippen LogP contribution in [0.5, 0.6) is 0 Å². The van der Waals surface area contributed by atoms with Crippen molar-refractivity contribution in [3.63, 3.8) is 0 Å². The Morgan fingerprint density at radius 1 is 1.15 bits per heavy atom. The topological polar surface area (TPSA) is 102 Å². The summed E-state index contributed by atoms with van der Waals surface area (Å²) in [5, 5.41) is 21.7. The van der Waals surface area contributed by atoms with Crippen molar-refractivity contribution in [3.8, 4) is 21.7 Å². The molecule has 0 unspecified atom stereocenters. The van der Waals surface area contributed by atoms with E-state index in [1.165, 1.54) is 23.6 Å². The van der Waals surface area contributed by atoms with Gasteiger partial charge in [-0.3, -0.25) is 4.68 Å². The predicted molar refractivity (Wildman–Crippen MR) is 125 cm³/mol. The van der Waals surface area contributed by atoms with E-state index in [-0.39, 0.29) is 5.69 Å². The number of anilines is 1. The third kappa shape index (κ3) is 4.35. The number of hydrogen-bond acceptors (Lipinski definition) is 8. The molecular formula is C23H19F2N7OS. The molecule has 0 spiro atoms. The summed E-state index contributed by atoms with van der Waals surface area (Å²) in [5.41, 5.74) is 1.95. The van der Waals surface area contributed by atoms with Crippen molar-refractivity contribution >= 4 is 27.4 Å². The lowest BCUT2D eigenvalue weighted by molar-refractivity contribution is 0.199. The van der Waals surface area contributed by atoms with E-state index in [1.807, 2.05) is 24.3 Å². The number of nitrogens with one attached hydrogen (secondary N) is 1. The van der Waals surface area contributed by atoms with E-state index in [9.17, 15) is 13.9 Å². The molecule has 4 heterocycles. The molecule has 2 N–H and O–H groups in total. The minimum atomic E-state index is -0.830. The van der Waals surface area contributed by atoms with Gasteiger partial charge in [-0.2, -0.15) is 4.39 Å². The number of halogens is 2. The molecule has 0 saturated heterocycles. The van der Waals surface area contributed by atoms with Gasteiger partial charge in [-0.1, -0.05) is 23.4 Å². The first-order valence-electron chi connectivity index (χ1n) is 10.5. The Morgan fingerprint density at radius 2 is 2.03 bits per heavy atom. The van der Waals surface area contributed by atoms with Gasteiger partial charge in [0.2, 0.25) is 11.9 Å². The van der Waals surface area contributed by atoms with E-state index in [0.29, 0.717) is 35.0 Å². The largest absolute Gasteiger partial charge is 0.389 e. The highest BCUT2D eigenvalue weighted by atomic mass is 32.1. The van der Waals surface area contributed by atoms with Gasteiger partial charge in [0.25, 0.3) is 0 Å². The van der Waals surface area contributed by atoms with Gasteiger partial charge in [-0.15, -0.1) is 16.4 Å². The fraction of sp³-hybridized carbons (Fsp3) is 0.174. The molecule has 0 saturated carbocycles. The molecule has 0 bridgehead atoms. The number of aliphatic hydroxyl groups excluding tert-OH is 1. The molecule has 0 aliphatic heterocycles. The number of thiophene rings is 1. The van der Waals surface area contributed by atoms with Crippen LogP contribution >= 0.6 is 11.3 Å². The van der Waals surface area contributed by atoms with Crippen molar-refractivity contribution in [2.24, 2.45) is 0 Å². The molecule has 0 aliphatic carbocycles. The SMILES string of the molecule is C[C@@H](O)c1cnc(F)cc1-c1cccc2cc(-c3nc(NCCn4ccnn4)ncc3F)sc12. The van der Waals surface area contributed by atoms with E-state index in [2.05, 4.69) is 30.6 Å². The molecule has 11 heteroatoms. The molecule has 0 aliphatic rings. The van der Waals surface area contributed by atoms with Crippen molar-refractivity contribution in [2.45, 2.75) is 19.6 Å². The molecule has 1 aromatic carbocycles. The summed E-state index contributed by atoms with van der Waals surface area (Å²) in [6.45, 7) is 2.64. The first-order chi connectivity index (χ1) is 16.5. The van der Waals surface area contributed by atoms with Crippen LogP contribution in [0.1, 0.15) is 18.6 Å². The zero-order valence-electron chi connectivity index (χ0n) is 18.0. The van der Waals surface area contributed by atoms with Gasteiger partial charge in [0.15, 0.2) is 5.82 Å². The highest BCUT2D eigenvalue weighted by molar-refractivity contribution is 7.22. The van der Waals surface area contributed by atoms with Gasteiger partial charge in [-0.25, -0.2) is 19.3 Å². The lowest BCUT2D eigenvalue weighted by Gasteiger charge is -2.12. The number of aliphatic hydroxyl groups is 1. The smallest absolute Gasteiger partial charge is 0.223 e. The summed E-state index contributed by atoms with van der Waals surface area (Å²) < 4.78 is 31.2. The summed E-state index contributed by atoms with van der Waals surface area (Å²) >= 11 is 1.34. The molecule has 5 rings (SSSR count). The average molecular weight is 480 g/mol. The Kier molecular flexibility index (Phi) is 5.95. The van der Waals surface area contributed by atoms with Crippen LogP contribution in [0, 0.1) is 11.8 Å². The lowest BCUT2D eigenvalue weighted by atomic mass is 9.98. The minimum Gasteiger partial charge on any atom is -0.389 e. The summed E-state index contributed by atoms with van der Waals surface area (Å²) in [5.74, 6) is -0.895. The second-order valence-corrected chi connectivity index (χ2v) is 8.64. The van der Waals surface area contributed by atoms with Crippen LogP contribution in [-0.2, 0) is 6.54 Å². The third-order valence-electron chi connectivity index (χ3n) is 5.26. The summed E-state index contributed by atoms with van der Waals surface area (Å²) in [6, 6.07) is 8.73. The van der Waals surface area contributed by atoms with Gasteiger partial charge in [0, 0.05) is 40.8 Å². The number of nitrogens with zero attached hydrogens (tertiary/aromatic N) is 6. The number of rotatable bonds is 7. The van der Waals surface area contributed by atoms with Crippen LogP contribution in [0.4, 0.5) is 14.7 Å². The summed E-state index contributed by atoms with van der Waals surface area (Å²) in [4.78, 5) is 12.7. The molecule has 1 atom stereocenters. The van der Waals surface area contributed by atoms with Crippen LogP contribution in [0.3, 0.4) is 0 Å². The van der Waals surface area contributed by atoms with Gasteiger partial charge in [0.05, 0.1) is 29.9 Å². The standard InChI is InChI=1S/C23H19F2N7OS/c1-13(33)17-11-27-20(25)10-16(17)15-4-2-3-14-9-19(34-22(14)15)21-18(24)12-28-23(30-21)26-5-7-32-8-6-29-31-32/h2-4,6,8-13,33H,5,7H2,1H3,(H,26,28,30)/t13-/m1/s1. The summed E-state index contributed by atoms with van der Waals surface area (Å²) in [7, 11) is 0. The Hall–Kier alpha value is -3.83. The van der Waals surface area contributed by atoms with E-state index >= 15 is 0 Å². The Morgan fingerprint density at radius 3 is 2.82 bits per heavy atom. The number of hydrogen-bond donors (Lipinski definition) is 2. The Balaban J connectivity index is 1.51. The van der Waals surface area contributed by atoms with Crippen LogP contribution in [0.25, 0.3) is 31.8 Å². The second-order valence-electron chi connectivity index (χ2n) is 7.59. The van der Waals surface area contributed by atoms with Gasteiger partial charge < -0.3 is 10.4 Å². The minimum absolute atomic E-state index is 0.169. The van der Waals surface area contributed by atoms with Crippen LogP contribution in [0.2, 0.25) is 0 Å². The fourth-order valence-corrected chi connectivity index (χ4v) is 4.84. The van der Waals surface area contributed by atoms with Crippen molar-refractivity contribution in [3.05, 3.63) is 72.4 Å². The van der Waals surface area contributed by atoms with E-state index < -0.39 is 17.9 Å². The second kappa shape index (κ2) is 9.20. The highest BCUT2D eigenvalue weighted by Crippen LogP contribution is 2.41. The number of benzene rings is 1. The molecule has 0 amide bonds. The van der Waals surface area contributed by atoms with Gasteiger partial charge in [-0.05, 0) is 23.9 Å². The number of fused-ring (bicyclic) bond motifs is 1. The maximum Gasteiger partial charge on any atom is 0.223 e. The molecule has 34 heavy (non-hydrogen) atoms. The van der Waals surface area contributed by atoms with Gasteiger partial charge >= 0.3 is 0 Å². The first-order valence-corrected chi connectivity index (χ1v) is 11.3. The maximum atomic E-state index is 14.7. The molecule has 5 aromatic rings. The van der Waals surface area contributed by atoms with Crippen molar-refractivity contribution in [1.82, 2.24) is 29.9 Å². The molecule has 172 valence electrons. The quantitative estimate of drug-likeness (QED) is 0.333. The van der Waals surface area contributed by atoms with E-state index in [0.717, 1.165) is 21.8 Å². The van der Waals surface area contributed by atoms with Crippen molar-refractivity contribution in [2.75, 3.05) is 11.9 Å². The first kappa shape index (κ1) is 22.0. The van der Waals surface area contributed by atoms with Gasteiger partial charge in [0.1, 0.15) is 5.69 Å². The number of pyridine rings is 1. The average Bonchev–Trinajstić information content (AvgIpc) is 3.49. The van der Waals surface area contributed by atoms with Crippen LogP contribution < -0.4 is 5.32 Å². The maximum absolute atomic E-state index is 14.7. The Bertz CT molecular complexity index is 1450. The third-order valence-corrected chi connectivity index (χ3v) is 6.45. The Labute approximate surface area is 197 Å². The lowest BCUT2D eigenvalue weighted by Crippen LogP contribution is -2.13. The zero-order chi connectivity index (χ0) is 23.7. The molecule has 0 radical (unpaired) electrons. The highest BCUT2D eigenvalue weighted by Gasteiger charge is 2.18. The van der Waals surface area contributed by atoms with Crippen molar-refractivity contribution in [1.29, 1.82) is 0 Å². The monoisotopic (exact) mass is 479 g/mol. The number of aromatic nitrogens is 6. The predicted octanol–water partition coefficient (Wildman–Crippen LogP) is 4.46. The van der Waals surface area contributed by atoms with Crippen LogP contribution in [0.15, 0.2) is 55.1 Å². The van der Waals surface area contributed by atoms with Crippen LogP contribution in [-0.4, -0.2) is 41.6 Å². The van der Waals surface area contributed by atoms with E-state index in [1.54, 1.807) is 24.0 Å².